The van der Waals surface area contributed by atoms with Crippen LogP contribution in [0.4, 0.5) is 0 Å². The van der Waals surface area contributed by atoms with E-state index in [1.54, 1.807) is 0 Å². The van der Waals surface area contributed by atoms with Gasteiger partial charge in [0.1, 0.15) is 0 Å². The molecule has 0 aliphatic rings. The van der Waals surface area contributed by atoms with Crippen LogP contribution < -0.4 is 0 Å². The van der Waals surface area contributed by atoms with E-state index in [4.69, 9.17) is 22.2 Å². The molecule has 0 aromatic heterocycles. The zero-order valence-corrected chi connectivity index (χ0v) is 16.6. The van der Waals surface area contributed by atoms with Gasteiger partial charge in [-0.25, -0.2) is 0 Å². The van der Waals surface area contributed by atoms with Crippen molar-refractivity contribution in [3.05, 3.63) is 0 Å². The minimum Gasteiger partial charge on any atom is -0.146 e. The van der Waals surface area contributed by atoms with Crippen molar-refractivity contribution in [1.82, 2.24) is 0 Å². The summed E-state index contributed by atoms with van der Waals surface area (Å²) in [6.45, 7) is 18.1. The van der Waals surface area contributed by atoms with Gasteiger partial charge in [-0.2, -0.15) is 0 Å². The largest absolute Gasteiger partial charge is 0.281 e. The molecule has 0 fully saturated rings. The summed E-state index contributed by atoms with van der Waals surface area (Å²) in [5, 5.41) is -0.0901. The predicted molar refractivity (Wildman–Crippen MR) is 88.0 cm³/mol. The Balaban J connectivity index is 6.12. The normalized spacial score (nSPS) is 14.7. The average Bonchev–Trinajstić information content (AvgIpc) is 2.15. The third-order valence-corrected chi connectivity index (χ3v) is 10.5. The second-order valence-corrected chi connectivity index (χ2v) is 11.6. The minimum absolute atomic E-state index is 0.0346. The molecule has 0 aromatic rings. The highest BCUT2D eigenvalue weighted by Gasteiger charge is 2.59. The molecule has 0 N–H and O–H groups in total. The highest BCUT2D eigenvalue weighted by Crippen LogP contribution is 2.69. The second-order valence-electron chi connectivity index (χ2n) is 6.62. The average molecular weight is 323 g/mol. The smallest absolute Gasteiger partial charge is 0.146 e. The van der Waals surface area contributed by atoms with Crippen molar-refractivity contribution in [3.8, 4) is 0 Å². The summed E-state index contributed by atoms with van der Waals surface area (Å²) in [5.41, 5.74) is 0. The van der Waals surface area contributed by atoms with Gasteiger partial charge in [0.2, 0.25) is 0 Å². The maximum Gasteiger partial charge on any atom is 0.281 e. The van der Waals surface area contributed by atoms with Gasteiger partial charge in [0, 0.05) is 15.3 Å². The van der Waals surface area contributed by atoms with E-state index in [1.807, 2.05) is 0 Å². The molecule has 0 nitrogen and oxygen atoms in total. The molecule has 0 saturated carbocycles. The third kappa shape index (κ3) is 2.73. The van der Waals surface area contributed by atoms with Gasteiger partial charge < -0.3 is 0 Å². The summed E-state index contributed by atoms with van der Waals surface area (Å²) in [5.74, 6) is 1.86. The number of halogens is 2. The molecule has 0 bridgehead atoms. The summed E-state index contributed by atoms with van der Waals surface area (Å²) in [7, 11) is 2.68. The zero-order chi connectivity index (χ0) is 14.9. The molecule has 4 radical (unpaired) electrons. The van der Waals surface area contributed by atoms with Gasteiger partial charge in [0.15, 0.2) is 0 Å². The van der Waals surface area contributed by atoms with Gasteiger partial charge in [-0.15, -0.1) is 22.2 Å². The predicted octanol–water partition coefficient (Wildman–Crippen LogP) is 5.64. The quantitative estimate of drug-likeness (QED) is 0.438. The molecule has 0 unspecified atom stereocenters. The molecule has 0 heterocycles. The van der Waals surface area contributed by atoms with Crippen LogP contribution in [0.3, 0.4) is 0 Å². The first-order chi connectivity index (χ1) is 7.97. The molecular weight excluding hydrogens is 295 g/mol. The van der Waals surface area contributed by atoms with E-state index in [0.717, 1.165) is 0 Å². The van der Waals surface area contributed by atoms with Gasteiger partial charge in [0.25, 0.3) is 7.42 Å². The molecule has 0 spiro atoms. The molecule has 4 heteroatoms. The highest BCUT2D eigenvalue weighted by molar-refractivity contribution is 7.35. The van der Waals surface area contributed by atoms with Crippen LogP contribution in [-0.4, -0.2) is 17.7 Å². The van der Waals surface area contributed by atoms with Crippen LogP contribution in [0.15, 0.2) is 0 Å². The fourth-order valence-corrected chi connectivity index (χ4v) is 10.6. The number of hydrogen-bond donors (Lipinski definition) is 0. The maximum atomic E-state index is 6.60. The maximum absolute atomic E-state index is 6.60. The van der Waals surface area contributed by atoms with Crippen LogP contribution >= 0.6 is 22.2 Å². The highest BCUT2D eigenvalue weighted by atomic mass is 35.7. The summed E-state index contributed by atoms with van der Waals surface area (Å²) >= 11 is 13.2. The van der Waals surface area contributed by atoms with E-state index in [2.05, 4.69) is 65.6 Å². The lowest BCUT2D eigenvalue weighted by Crippen LogP contribution is -2.50. The Bertz CT molecular complexity index is 231. The van der Waals surface area contributed by atoms with Crippen molar-refractivity contribution in [1.29, 1.82) is 0 Å². The molecule has 18 heavy (non-hydrogen) atoms. The van der Waals surface area contributed by atoms with Gasteiger partial charge in [-0.1, -0.05) is 55.4 Å². The van der Waals surface area contributed by atoms with Crippen LogP contribution in [0, 0.1) is 23.7 Å². The Morgan fingerprint density at radius 2 is 1.00 bits per heavy atom. The Morgan fingerprint density at radius 1 is 0.722 bits per heavy atom. The molecule has 0 atom stereocenters. The Hall–Kier alpha value is 1.01. The molecule has 0 aliphatic heterocycles. The Labute approximate surface area is 129 Å². The number of hydrogen-bond acceptors (Lipinski definition) is 0. The zero-order valence-electron chi connectivity index (χ0n) is 13.1. The van der Waals surface area contributed by atoms with Crippen LogP contribution in [-0.2, 0) is 0 Å². The lowest BCUT2D eigenvalue weighted by molar-refractivity contribution is 0.136. The summed E-state index contributed by atoms with van der Waals surface area (Å²) in [6.07, 6.45) is 0. The van der Waals surface area contributed by atoms with E-state index in [9.17, 15) is 0 Å². The van der Waals surface area contributed by atoms with E-state index in [-0.39, 0.29) is 10.1 Å². The lowest BCUT2D eigenvalue weighted by atomic mass is 9.64. The Morgan fingerprint density at radius 3 is 1.06 bits per heavy atom. The summed E-state index contributed by atoms with van der Waals surface area (Å²) < 4.78 is 0. The van der Waals surface area contributed by atoms with E-state index in [0.29, 0.717) is 23.7 Å². The second kappa shape index (κ2) is 6.64. The van der Waals surface area contributed by atoms with Gasteiger partial charge in [-0.3, -0.25) is 0 Å². The van der Waals surface area contributed by atoms with Gasteiger partial charge in [-0.05, 0) is 28.7 Å². The molecule has 0 aromatic carbocycles. The topological polar surface area (TPSA) is 0 Å². The fourth-order valence-electron chi connectivity index (χ4n) is 3.84. The van der Waals surface area contributed by atoms with Gasteiger partial charge in [0.05, 0.1) is 0 Å². The van der Waals surface area contributed by atoms with Crippen molar-refractivity contribution in [3.63, 3.8) is 0 Å². The first kappa shape index (κ1) is 19.0. The minimum atomic E-state index is -1.48. The molecular formula is C14H28Cl2Si2. The molecule has 106 valence electrons. The van der Waals surface area contributed by atoms with E-state index >= 15 is 0 Å². The van der Waals surface area contributed by atoms with Crippen molar-refractivity contribution in [2.75, 3.05) is 0 Å². The molecule has 0 aliphatic carbocycles. The SMILES string of the molecule is CC(C)C([Si])(C(C)C)C(C(C)C)(C(C)C)[Si](Cl)Cl. The summed E-state index contributed by atoms with van der Waals surface area (Å²) in [6, 6.07) is 0. The molecule has 0 amide bonds. The van der Waals surface area contributed by atoms with Crippen LogP contribution in [0.2, 0.25) is 10.1 Å². The van der Waals surface area contributed by atoms with Crippen LogP contribution in [0.1, 0.15) is 55.4 Å². The standard InChI is InChI=1S/C14H28Cl2Si2/c1-9(2)13(17,10(3)4)14(11(5)6,12(7)8)18(15)16/h9-12H,1-8H3. The van der Waals surface area contributed by atoms with E-state index < -0.39 is 7.42 Å². The number of rotatable bonds is 6. The van der Waals surface area contributed by atoms with Gasteiger partial charge >= 0.3 is 0 Å². The fraction of sp³-hybridized carbons (Fsp3) is 1.00. The van der Waals surface area contributed by atoms with Crippen molar-refractivity contribution < 1.29 is 0 Å². The third-order valence-electron chi connectivity index (χ3n) is 4.64. The van der Waals surface area contributed by atoms with Crippen molar-refractivity contribution in [2.45, 2.75) is 65.5 Å². The lowest BCUT2D eigenvalue weighted by Gasteiger charge is -2.59. The Kier molecular flexibility index (Phi) is 7.02. The van der Waals surface area contributed by atoms with Crippen molar-refractivity contribution >= 4 is 39.8 Å². The molecule has 0 rings (SSSR count). The monoisotopic (exact) mass is 322 g/mol. The molecule has 0 saturated heterocycles. The van der Waals surface area contributed by atoms with Crippen molar-refractivity contribution in [2.24, 2.45) is 23.7 Å². The van der Waals surface area contributed by atoms with E-state index in [1.165, 1.54) is 0 Å². The van der Waals surface area contributed by atoms with Crippen LogP contribution in [0.5, 0.6) is 0 Å². The first-order valence-corrected chi connectivity index (χ1v) is 10.9. The first-order valence-electron chi connectivity index (χ1n) is 6.90. The summed E-state index contributed by atoms with van der Waals surface area (Å²) in [4.78, 5) is 0. The van der Waals surface area contributed by atoms with Crippen LogP contribution in [0.25, 0.3) is 0 Å².